The maximum atomic E-state index is 6.16. The van der Waals surface area contributed by atoms with Gasteiger partial charge in [0, 0.05) is 31.7 Å². The number of nitrogens with zero attached hydrogens (tertiary/aromatic N) is 3. The molecule has 1 aliphatic heterocycles. The molecule has 0 saturated carbocycles. The number of rotatable bonds is 2. The molecule has 0 atom stereocenters. The van der Waals surface area contributed by atoms with Crippen LogP contribution in [0.2, 0.25) is 5.02 Å². The van der Waals surface area contributed by atoms with Gasteiger partial charge in [0.1, 0.15) is 5.82 Å². The van der Waals surface area contributed by atoms with E-state index in [0.29, 0.717) is 10.8 Å². The predicted molar refractivity (Wildman–Crippen MR) is 75.6 cm³/mol. The second-order valence-corrected chi connectivity index (χ2v) is 6.02. The first kappa shape index (κ1) is 13.6. The Morgan fingerprint density at radius 2 is 2.11 bits per heavy atom. The Hall–Kier alpha value is -0.840. The minimum atomic E-state index is 0.186. The maximum Gasteiger partial charge on any atom is 0.123 e. The van der Waals surface area contributed by atoms with Gasteiger partial charge in [-0.15, -0.1) is 0 Å². The van der Waals surface area contributed by atoms with E-state index in [2.05, 4.69) is 35.7 Å². The van der Waals surface area contributed by atoms with E-state index in [1.807, 2.05) is 6.07 Å². The standard InChI is InChI=1S/C13H21ClN4/c1-13(2)9-18(7-6-17(13)3)8-11-10(14)4-5-12(15)16-11/h4-5H,6-9H2,1-3H3,(H2,15,16). The van der Waals surface area contributed by atoms with Gasteiger partial charge in [0.15, 0.2) is 0 Å². The fourth-order valence-corrected chi connectivity index (χ4v) is 2.46. The quantitative estimate of drug-likeness (QED) is 0.889. The van der Waals surface area contributed by atoms with Gasteiger partial charge in [0.05, 0.1) is 10.7 Å². The Morgan fingerprint density at radius 3 is 2.78 bits per heavy atom. The highest BCUT2D eigenvalue weighted by Crippen LogP contribution is 2.22. The first-order chi connectivity index (χ1) is 8.38. The monoisotopic (exact) mass is 268 g/mol. The molecule has 100 valence electrons. The summed E-state index contributed by atoms with van der Waals surface area (Å²) in [6, 6.07) is 3.56. The highest BCUT2D eigenvalue weighted by atomic mass is 35.5. The number of nitrogen functional groups attached to an aromatic ring is 1. The van der Waals surface area contributed by atoms with Gasteiger partial charge >= 0.3 is 0 Å². The van der Waals surface area contributed by atoms with Gasteiger partial charge in [-0.2, -0.15) is 0 Å². The fraction of sp³-hybridized carbons (Fsp3) is 0.615. The van der Waals surface area contributed by atoms with Crippen molar-refractivity contribution in [3.63, 3.8) is 0 Å². The maximum absolute atomic E-state index is 6.16. The lowest BCUT2D eigenvalue weighted by Crippen LogP contribution is -2.57. The zero-order valence-corrected chi connectivity index (χ0v) is 12.0. The molecule has 1 aliphatic rings. The lowest BCUT2D eigenvalue weighted by atomic mass is 9.99. The lowest BCUT2D eigenvalue weighted by molar-refractivity contribution is 0.0354. The Bertz CT molecular complexity index is 433. The van der Waals surface area contributed by atoms with Crippen molar-refractivity contribution in [2.75, 3.05) is 32.4 Å². The van der Waals surface area contributed by atoms with Gasteiger partial charge in [-0.3, -0.25) is 9.80 Å². The summed E-state index contributed by atoms with van der Waals surface area (Å²) in [6.45, 7) is 8.39. The van der Waals surface area contributed by atoms with Crippen LogP contribution in [0.3, 0.4) is 0 Å². The van der Waals surface area contributed by atoms with E-state index in [-0.39, 0.29) is 5.54 Å². The third-order valence-corrected chi connectivity index (χ3v) is 4.05. The van der Waals surface area contributed by atoms with E-state index in [9.17, 15) is 0 Å². The van der Waals surface area contributed by atoms with Crippen molar-refractivity contribution in [2.45, 2.75) is 25.9 Å². The molecule has 1 aromatic heterocycles. The predicted octanol–water partition coefficient (Wildman–Crippen LogP) is 1.84. The number of likely N-dealkylation sites (N-methyl/N-ethyl adjacent to an activating group) is 1. The van der Waals surface area contributed by atoms with Crippen LogP contribution in [0.25, 0.3) is 0 Å². The highest BCUT2D eigenvalue weighted by Gasteiger charge is 2.31. The van der Waals surface area contributed by atoms with Gasteiger partial charge in [0.2, 0.25) is 0 Å². The summed E-state index contributed by atoms with van der Waals surface area (Å²) in [4.78, 5) is 9.09. The fourth-order valence-electron chi connectivity index (χ4n) is 2.30. The van der Waals surface area contributed by atoms with Crippen LogP contribution < -0.4 is 5.73 Å². The van der Waals surface area contributed by atoms with Crippen LogP contribution in [0.1, 0.15) is 19.5 Å². The van der Waals surface area contributed by atoms with Crippen LogP contribution in [0.15, 0.2) is 12.1 Å². The zero-order valence-electron chi connectivity index (χ0n) is 11.3. The van der Waals surface area contributed by atoms with Gasteiger partial charge < -0.3 is 5.73 Å². The molecule has 0 amide bonds. The number of hydrogen-bond acceptors (Lipinski definition) is 4. The van der Waals surface area contributed by atoms with E-state index in [1.54, 1.807) is 6.07 Å². The molecule has 18 heavy (non-hydrogen) atoms. The summed E-state index contributed by atoms with van der Waals surface area (Å²) in [7, 11) is 2.17. The third kappa shape index (κ3) is 2.94. The molecule has 2 rings (SSSR count). The first-order valence-corrected chi connectivity index (χ1v) is 6.61. The summed E-state index contributed by atoms with van der Waals surface area (Å²) in [5, 5.41) is 0.695. The van der Waals surface area contributed by atoms with Crippen molar-refractivity contribution >= 4 is 17.4 Å². The van der Waals surface area contributed by atoms with Crippen LogP contribution in [0.5, 0.6) is 0 Å². The largest absolute Gasteiger partial charge is 0.384 e. The van der Waals surface area contributed by atoms with Gasteiger partial charge in [0.25, 0.3) is 0 Å². The molecular weight excluding hydrogens is 248 g/mol. The van der Waals surface area contributed by atoms with Crippen molar-refractivity contribution < 1.29 is 0 Å². The average Bonchev–Trinajstić information content (AvgIpc) is 2.28. The van der Waals surface area contributed by atoms with Gasteiger partial charge in [-0.1, -0.05) is 11.6 Å². The SMILES string of the molecule is CN1CCN(Cc2nc(N)ccc2Cl)CC1(C)C. The average molecular weight is 269 g/mol. The number of pyridine rings is 1. The summed E-state index contributed by atoms with van der Waals surface area (Å²) in [5.74, 6) is 0.530. The van der Waals surface area contributed by atoms with Crippen LogP contribution in [-0.4, -0.2) is 47.0 Å². The number of anilines is 1. The first-order valence-electron chi connectivity index (χ1n) is 6.23. The second kappa shape index (κ2) is 5.03. The smallest absolute Gasteiger partial charge is 0.123 e. The second-order valence-electron chi connectivity index (χ2n) is 5.61. The number of piperazine rings is 1. The molecule has 2 N–H and O–H groups in total. The van der Waals surface area contributed by atoms with E-state index in [4.69, 9.17) is 17.3 Å². The molecule has 0 unspecified atom stereocenters. The third-order valence-electron chi connectivity index (χ3n) is 3.71. The number of nitrogens with two attached hydrogens (primary N) is 1. The molecule has 0 aliphatic carbocycles. The lowest BCUT2D eigenvalue weighted by Gasteiger charge is -2.45. The molecule has 5 heteroatoms. The number of hydrogen-bond donors (Lipinski definition) is 1. The van der Waals surface area contributed by atoms with E-state index in [0.717, 1.165) is 31.9 Å². The molecule has 0 radical (unpaired) electrons. The van der Waals surface area contributed by atoms with Gasteiger partial charge in [-0.25, -0.2) is 4.98 Å². The molecule has 0 aromatic carbocycles. The molecule has 1 fully saturated rings. The number of aromatic nitrogens is 1. The highest BCUT2D eigenvalue weighted by molar-refractivity contribution is 6.31. The summed E-state index contributed by atoms with van der Waals surface area (Å²) < 4.78 is 0. The summed E-state index contributed by atoms with van der Waals surface area (Å²) in [5.41, 5.74) is 6.77. The number of halogens is 1. The molecule has 2 heterocycles. The molecule has 4 nitrogen and oxygen atoms in total. The molecule has 1 saturated heterocycles. The zero-order chi connectivity index (χ0) is 13.3. The van der Waals surface area contributed by atoms with E-state index in [1.165, 1.54) is 0 Å². The van der Waals surface area contributed by atoms with Crippen molar-refractivity contribution in [2.24, 2.45) is 0 Å². The van der Waals surface area contributed by atoms with Crippen molar-refractivity contribution in [1.29, 1.82) is 0 Å². The Balaban J connectivity index is 2.08. The normalized spacial score (nSPS) is 21.1. The Morgan fingerprint density at radius 1 is 1.39 bits per heavy atom. The van der Waals surface area contributed by atoms with Crippen LogP contribution >= 0.6 is 11.6 Å². The molecule has 0 bridgehead atoms. The van der Waals surface area contributed by atoms with Crippen molar-refractivity contribution in [3.8, 4) is 0 Å². The Labute approximate surface area is 114 Å². The van der Waals surface area contributed by atoms with Crippen LogP contribution in [-0.2, 0) is 6.54 Å². The molecule has 1 aromatic rings. The van der Waals surface area contributed by atoms with Gasteiger partial charge in [-0.05, 0) is 33.0 Å². The minimum absolute atomic E-state index is 0.186. The van der Waals surface area contributed by atoms with Crippen LogP contribution in [0, 0.1) is 0 Å². The Kier molecular flexibility index (Phi) is 3.80. The van der Waals surface area contributed by atoms with Crippen molar-refractivity contribution in [3.05, 3.63) is 22.8 Å². The minimum Gasteiger partial charge on any atom is -0.384 e. The topological polar surface area (TPSA) is 45.4 Å². The van der Waals surface area contributed by atoms with E-state index < -0.39 is 0 Å². The van der Waals surface area contributed by atoms with E-state index >= 15 is 0 Å². The van der Waals surface area contributed by atoms with Crippen LogP contribution in [0.4, 0.5) is 5.82 Å². The van der Waals surface area contributed by atoms with Crippen molar-refractivity contribution in [1.82, 2.24) is 14.8 Å². The molecular formula is C13H21ClN4. The molecule has 0 spiro atoms. The summed E-state index contributed by atoms with van der Waals surface area (Å²) in [6.07, 6.45) is 0. The summed E-state index contributed by atoms with van der Waals surface area (Å²) >= 11 is 6.16.